The van der Waals surface area contributed by atoms with Gasteiger partial charge >= 0.3 is 0 Å². The third kappa shape index (κ3) is 5.80. The smallest absolute Gasteiger partial charge is 0.187 e. The Balaban J connectivity index is 1.53. The highest BCUT2D eigenvalue weighted by Crippen LogP contribution is 2.27. The van der Waals surface area contributed by atoms with E-state index in [1.54, 1.807) is 6.08 Å². The van der Waals surface area contributed by atoms with Gasteiger partial charge in [-0.05, 0) is 35.3 Å². The molecule has 0 amide bonds. The van der Waals surface area contributed by atoms with E-state index in [1.165, 1.54) is 0 Å². The van der Waals surface area contributed by atoms with Gasteiger partial charge in [0, 0.05) is 0 Å². The number of hydrogen-bond acceptors (Lipinski definition) is 4. The lowest BCUT2D eigenvalue weighted by Gasteiger charge is -2.36. The van der Waals surface area contributed by atoms with Gasteiger partial charge in [-0.15, -0.1) is 0 Å². The molecule has 0 fully saturated rings. The van der Waals surface area contributed by atoms with Crippen molar-refractivity contribution in [3.8, 4) is 0 Å². The summed E-state index contributed by atoms with van der Waals surface area (Å²) in [5.74, 6) is -0.0870. The number of ketones is 1. The normalized spacial score (nSPS) is 20.7. The molecule has 0 radical (unpaired) electrons. The summed E-state index contributed by atoms with van der Waals surface area (Å²) < 4.78 is 18.7. The third-order valence-electron chi connectivity index (χ3n) is 5.53. The van der Waals surface area contributed by atoms with Gasteiger partial charge in [-0.1, -0.05) is 91.0 Å². The summed E-state index contributed by atoms with van der Waals surface area (Å²) in [5, 5.41) is 0. The van der Waals surface area contributed by atoms with Gasteiger partial charge in [-0.2, -0.15) is 0 Å². The van der Waals surface area contributed by atoms with Crippen molar-refractivity contribution >= 4 is 5.78 Å². The Bertz CT molecular complexity index is 1020. The van der Waals surface area contributed by atoms with Crippen molar-refractivity contribution in [2.24, 2.45) is 0 Å². The molecule has 0 aromatic heterocycles. The Morgan fingerprint density at radius 1 is 0.594 bits per heavy atom. The van der Waals surface area contributed by atoms with Gasteiger partial charge in [0.25, 0.3) is 0 Å². The molecule has 0 bridgehead atoms. The zero-order valence-corrected chi connectivity index (χ0v) is 18.2. The van der Waals surface area contributed by atoms with Crippen LogP contribution in [-0.4, -0.2) is 24.1 Å². The van der Waals surface area contributed by atoms with E-state index in [-0.39, 0.29) is 11.9 Å². The van der Waals surface area contributed by atoms with Crippen LogP contribution in [-0.2, 0) is 38.8 Å². The molecule has 3 atom stereocenters. The molecule has 0 unspecified atom stereocenters. The third-order valence-corrected chi connectivity index (χ3v) is 5.53. The second-order valence-electron chi connectivity index (χ2n) is 7.99. The molecular weight excluding hydrogens is 400 g/mol. The molecule has 4 heteroatoms. The second-order valence-corrected chi connectivity index (χ2v) is 7.99. The highest BCUT2D eigenvalue weighted by atomic mass is 16.6. The molecule has 0 saturated heterocycles. The minimum Gasteiger partial charge on any atom is -0.367 e. The fraction of sp³-hybridized carbons (Fsp3) is 0.250. The molecule has 4 rings (SSSR count). The van der Waals surface area contributed by atoms with E-state index in [9.17, 15) is 4.79 Å². The van der Waals surface area contributed by atoms with Crippen LogP contribution in [0.5, 0.6) is 0 Å². The van der Waals surface area contributed by atoms with Crippen LogP contribution in [0.3, 0.4) is 0 Å². The molecule has 0 N–H and O–H groups in total. The predicted molar refractivity (Wildman–Crippen MR) is 124 cm³/mol. The molecular formula is C28H28O4. The average molecular weight is 429 g/mol. The SMILES string of the molecule is CC1=CC(=O)[C@@H](OCc2ccccc2)[C@H](OCc2ccccc2)[C@@H]1OCc1ccccc1. The maximum Gasteiger partial charge on any atom is 0.187 e. The zero-order valence-electron chi connectivity index (χ0n) is 18.2. The molecule has 1 aliphatic carbocycles. The highest BCUT2D eigenvalue weighted by Gasteiger charge is 2.41. The summed E-state index contributed by atoms with van der Waals surface area (Å²) in [6.07, 6.45) is -0.0193. The first kappa shape index (κ1) is 22.2. The quantitative estimate of drug-likeness (QED) is 0.466. The van der Waals surface area contributed by atoms with Crippen LogP contribution in [0.2, 0.25) is 0 Å². The fourth-order valence-corrected chi connectivity index (χ4v) is 3.83. The van der Waals surface area contributed by atoms with Gasteiger partial charge in [-0.3, -0.25) is 4.79 Å². The van der Waals surface area contributed by atoms with Crippen LogP contribution in [0.4, 0.5) is 0 Å². The van der Waals surface area contributed by atoms with E-state index < -0.39 is 12.2 Å². The lowest BCUT2D eigenvalue weighted by Crippen LogP contribution is -2.50. The van der Waals surface area contributed by atoms with E-state index in [4.69, 9.17) is 14.2 Å². The van der Waals surface area contributed by atoms with Gasteiger partial charge < -0.3 is 14.2 Å². The highest BCUT2D eigenvalue weighted by molar-refractivity contribution is 5.96. The molecule has 3 aromatic carbocycles. The first-order valence-corrected chi connectivity index (χ1v) is 10.9. The van der Waals surface area contributed by atoms with Gasteiger partial charge in [0.1, 0.15) is 18.3 Å². The van der Waals surface area contributed by atoms with Crippen LogP contribution >= 0.6 is 0 Å². The van der Waals surface area contributed by atoms with Crippen molar-refractivity contribution in [3.05, 3.63) is 119 Å². The number of benzene rings is 3. The summed E-state index contributed by atoms with van der Waals surface area (Å²) in [7, 11) is 0. The molecule has 0 saturated carbocycles. The fourth-order valence-electron chi connectivity index (χ4n) is 3.83. The maximum atomic E-state index is 12.9. The number of rotatable bonds is 9. The molecule has 32 heavy (non-hydrogen) atoms. The lowest BCUT2D eigenvalue weighted by atomic mass is 9.90. The first-order chi connectivity index (χ1) is 15.7. The standard InChI is InChI=1S/C28H28O4/c1-21-17-25(29)27(31-19-23-13-7-3-8-14-23)28(32-20-24-15-9-4-10-16-24)26(21)30-18-22-11-5-2-6-12-22/h2-17,26-28H,18-20H2,1H3/t26-,27-,28-/m1/s1. The minimum absolute atomic E-state index is 0.0870. The molecule has 4 nitrogen and oxygen atoms in total. The largest absolute Gasteiger partial charge is 0.367 e. The summed E-state index contributed by atoms with van der Waals surface area (Å²) in [4.78, 5) is 12.9. The molecule has 3 aromatic rings. The minimum atomic E-state index is -0.733. The van der Waals surface area contributed by atoms with E-state index in [2.05, 4.69) is 0 Å². The van der Waals surface area contributed by atoms with Crippen LogP contribution in [0, 0.1) is 0 Å². The average Bonchev–Trinajstić information content (AvgIpc) is 2.83. The maximum absolute atomic E-state index is 12.9. The van der Waals surface area contributed by atoms with E-state index in [1.807, 2.05) is 97.9 Å². The van der Waals surface area contributed by atoms with Gasteiger partial charge in [-0.25, -0.2) is 0 Å². The van der Waals surface area contributed by atoms with Gasteiger partial charge in [0.05, 0.1) is 19.8 Å². The zero-order chi connectivity index (χ0) is 22.2. The van der Waals surface area contributed by atoms with E-state index in [0.717, 1.165) is 22.3 Å². The van der Waals surface area contributed by atoms with E-state index >= 15 is 0 Å². The summed E-state index contributed by atoms with van der Waals surface area (Å²) in [5.41, 5.74) is 3.97. The molecule has 0 heterocycles. The molecule has 164 valence electrons. The number of carbonyl (C=O) groups is 1. The Morgan fingerprint density at radius 2 is 1.00 bits per heavy atom. The topological polar surface area (TPSA) is 44.8 Å². The Labute approximate surface area is 189 Å². The van der Waals surface area contributed by atoms with Crippen molar-refractivity contribution < 1.29 is 19.0 Å². The Hall–Kier alpha value is -3.05. The van der Waals surface area contributed by atoms with Gasteiger partial charge in [0.15, 0.2) is 5.78 Å². The van der Waals surface area contributed by atoms with Crippen LogP contribution in [0.1, 0.15) is 23.6 Å². The summed E-state index contributed by atoms with van der Waals surface area (Å²) in [6.45, 7) is 3.06. The molecule has 0 aliphatic heterocycles. The van der Waals surface area contributed by atoms with Crippen LogP contribution in [0.15, 0.2) is 103 Å². The van der Waals surface area contributed by atoms with Gasteiger partial charge in [0.2, 0.25) is 0 Å². The Morgan fingerprint density at radius 3 is 1.47 bits per heavy atom. The lowest BCUT2D eigenvalue weighted by molar-refractivity contribution is -0.162. The summed E-state index contributed by atoms with van der Waals surface area (Å²) in [6, 6.07) is 29.8. The second kappa shape index (κ2) is 11.0. The number of hydrogen-bond donors (Lipinski definition) is 0. The predicted octanol–water partition coefficient (Wildman–Crippen LogP) is 5.27. The van der Waals surface area contributed by atoms with Crippen molar-refractivity contribution in [1.29, 1.82) is 0 Å². The van der Waals surface area contributed by atoms with Crippen molar-refractivity contribution in [1.82, 2.24) is 0 Å². The van der Waals surface area contributed by atoms with Crippen LogP contribution in [0.25, 0.3) is 0 Å². The van der Waals surface area contributed by atoms with Crippen molar-refractivity contribution in [3.63, 3.8) is 0 Å². The Kier molecular flexibility index (Phi) is 7.62. The van der Waals surface area contributed by atoms with Crippen LogP contribution < -0.4 is 0 Å². The number of ether oxygens (including phenoxy) is 3. The summed E-state index contributed by atoms with van der Waals surface area (Å²) >= 11 is 0. The van der Waals surface area contributed by atoms with Crippen molar-refractivity contribution in [2.75, 3.05) is 0 Å². The number of carbonyl (C=O) groups excluding carboxylic acids is 1. The molecule has 0 spiro atoms. The van der Waals surface area contributed by atoms with E-state index in [0.29, 0.717) is 19.8 Å². The van der Waals surface area contributed by atoms with Crippen molar-refractivity contribution in [2.45, 2.75) is 45.1 Å². The molecule has 1 aliphatic rings. The first-order valence-electron chi connectivity index (χ1n) is 10.9. The monoisotopic (exact) mass is 428 g/mol.